The highest BCUT2D eigenvalue weighted by atomic mass is 16.5. The van der Waals surface area contributed by atoms with Gasteiger partial charge >= 0.3 is 0 Å². The lowest BCUT2D eigenvalue weighted by Gasteiger charge is -2.18. The Balaban J connectivity index is 0.000000811. The van der Waals surface area contributed by atoms with Crippen LogP contribution in [0.2, 0.25) is 0 Å². The molecule has 0 saturated heterocycles. The number of aromatic nitrogens is 6. The zero-order valence-electron chi connectivity index (χ0n) is 36.3. The van der Waals surface area contributed by atoms with E-state index in [4.69, 9.17) is 43.7 Å². The smallest absolute Gasteiger partial charge is 0.162 e. The molecule has 0 fully saturated rings. The lowest BCUT2D eigenvalue weighted by molar-refractivity contribution is 0.272. The first-order chi connectivity index (χ1) is 29.1. The summed E-state index contributed by atoms with van der Waals surface area (Å²) in [5, 5.41) is 22.7. The molecule has 60 heavy (non-hydrogen) atoms. The van der Waals surface area contributed by atoms with Crippen LogP contribution in [-0.4, -0.2) is 85.1 Å². The van der Waals surface area contributed by atoms with E-state index in [1.807, 2.05) is 53.4 Å². The number of hydrogen-bond donors (Lipinski definition) is 3. The fourth-order valence-electron chi connectivity index (χ4n) is 6.39. The number of aliphatic hydroxyl groups is 3. The van der Waals surface area contributed by atoms with Crippen LogP contribution in [0.3, 0.4) is 0 Å². The molecule has 0 radical (unpaired) electrons. The van der Waals surface area contributed by atoms with Crippen molar-refractivity contribution in [3.8, 4) is 34.5 Å². The second-order valence-corrected chi connectivity index (χ2v) is 13.5. The Morgan fingerprint density at radius 3 is 0.833 bits per heavy atom. The lowest BCUT2D eigenvalue weighted by Crippen LogP contribution is -2.07. The van der Waals surface area contributed by atoms with Gasteiger partial charge in [-0.2, -0.15) is 0 Å². The molecule has 6 aromatic rings. The Kier molecular flexibility index (Phi) is 18.3. The predicted octanol–water partition coefficient (Wildman–Crippen LogP) is 5.73. The molecule has 0 unspecified atom stereocenters. The number of aliphatic hydroxyl groups excluding tert-OH is 3. The monoisotopic (exact) mass is 828 g/mol. The third-order valence-electron chi connectivity index (χ3n) is 9.43. The molecule has 3 heterocycles. The summed E-state index contributed by atoms with van der Waals surface area (Å²) in [5.41, 5.74) is 6.65. The van der Waals surface area contributed by atoms with Gasteiger partial charge in [-0.05, 0) is 110 Å². The van der Waals surface area contributed by atoms with Crippen molar-refractivity contribution < 1.29 is 43.7 Å². The third-order valence-corrected chi connectivity index (χ3v) is 9.43. The highest BCUT2D eigenvalue weighted by Crippen LogP contribution is 2.41. The van der Waals surface area contributed by atoms with E-state index in [2.05, 4.69) is 51.4 Å². The molecule has 0 spiro atoms. The molecule has 1 aliphatic carbocycles. The van der Waals surface area contributed by atoms with E-state index in [9.17, 15) is 0 Å². The minimum Gasteiger partial charge on any atom is -0.493 e. The number of aryl methyl sites for hydroxylation is 3. The maximum atomic E-state index is 7.57. The molecule has 3 aromatic heterocycles. The van der Waals surface area contributed by atoms with Crippen molar-refractivity contribution in [2.75, 3.05) is 41.2 Å². The number of ether oxygens (including phenoxy) is 6. The van der Waals surface area contributed by atoms with Crippen LogP contribution in [0.4, 0.5) is 0 Å². The number of fused-ring (bicyclic) bond motifs is 3. The van der Waals surface area contributed by atoms with E-state index in [1.165, 1.54) is 0 Å². The molecular weight excluding hydrogens is 769 g/mol. The van der Waals surface area contributed by atoms with Gasteiger partial charge in [0.15, 0.2) is 34.5 Å². The van der Waals surface area contributed by atoms with Gasteiger partial charge in [-0.1, -0.05) is 0 Å². The Morgan fingerprint density at radius 2 is 0.650 bits per heavy atom. The molecule has 15 heteroatoms. The number of rotatable bonds is 12. The van der Waals surface area contributed by atoms with Gasteiger partial charge in [0.1, 0.15) is 37.3 Å². The van der Waals surface area contributed by atoms with Crippen LogP contribution in [0.25, 0.3) is 0 Å². The molecule has 324 valence electrons. The molecule has 7 rings (SSSR count). The van der Waals surface area contributed by atoms with Gasteiger partial charge in [0, 0.05) is 78.1 Å². The number of methoxy groups -OCH3 is 3. The van der Waals surface area contributed by atoms with Crippen molar-refractivity contribution in [2.45, 2.75) is 59.9 Å². The average molecular weight is 829 g/mol. The molecule has 0 amide bonds. The summed E-state index contributed by atoms with van der Waals surface area (Å²) >= 11 is 0. The van der Waals surface area contributed by atoms with Crippen LogP contribution in [0.1, 0.15) is 71.6 Å². The average Bonchev–Trinajstić information content (AvgIpc) is 3.98. The maximum Gasteiger partial charge on any atom is 0.162 e. The molecule has 0 bridgehead atoms. The van der Waals surface area contributed by atoms with Crippen molar-refractivity contribution in [1.82, 2.24) is 28.7 Å². The van der Waals surface area contributed by atoms with Crippen LogP contribution in [0, 0.1) is 0 Å². The molecule has 3 N–H and O–H groups in total. The normalized spacial score (nSPS) is 11.2. The van der Waals surface area contributed by atoms with Crippen LogP contribution in [0.15, 0.2) is 73.6 Å². The van der Waals surface area contributed by atoms with E-state index in [0.717, 1.165) is 50.9 Å². The van der Waals surface area contributed by atoms with E-state index in [1.54, 1.807) is 60.7 Å². The summed E-state index contributed by atoms with van der Waals surface area (Å²) in [6.45, 7) is 6.71. The minimum atomic E-state index is 0.250. The molecule has 15 nitrogen and oxygen atoms in total. The highest BCUT2D eigenvalue weighted by molar-refractivity contribution is 5.58. The van der Waals surface area contributed by atoms with Crippen LogP contribution in [-0.2, 0) is 60.2 Å². The van der Waals surface area contributed by atoms with Crippen LogP contribution >= 0.6 is 0 Å². The molecule has 3 aromatic carbocycles. The number of nitrogens with zero attached hydrogens (tertiary/aromatic N) is 6. The fraction of sp³-hybridized carbons (Fsp3) is 0.400. The Labute approximate surface area is 352 Å². The summed E-state index contributed by atoms with van der Waals surface area (Å²) in [7, 11) is 10.9. The van der Waals surface area contributed by atoms with Gasteiger partial charge in [-0.25, -0.2) is 15.0 Å². The van der Waals surface area contributed by atoms with E-state index >= 15 is 0 Å². The SMILES string of the molecule is CCO.CCO.CCO.COc1cc2c(cc1OCc1nccn1C)Cc1cc(OC)c(OCc3nccn3C)cc1Cc1cc(OC)c(OCc3nccn3C)cc1C2. The van der Waals surface area contributed by atoms with Crippen molar-refractivity contribution in [3.63, 3.8) is 0 Å². The van der Waals surface area contributed by atoms with E-state index < -0.39 is 0 Å². The number of imidazole rings is 3. The summed E-state index contributed by atoms with van der Waals surface area (Å²) in [6, 6.07) is 12.5. The Bertz CT molecular complexity index is 1980. The topological polar surface area (TPSA) is 170 Å². The van der Waals surface area contributed by atoms with Gasteiger partial charge < -0.3 is 57.4 Å². The summed E-state index contributed by atoms with van der Waals surface area (Å²) in [6.07, 6.45) is 12.9. The maximum absolute atomic E-state index is 7.57. The van der Waals surface area contributed by atoms with Crippen molar-refractivity contribution >= 4 is 0 Å². The van der Waals surface area contributed by atoms with Crippen molar-refractivity contribution in [3.05, 3.63) is 124 Å². The number of benzene rings is 3. The summed E-state index contributed by atoms with van der Waals surface area (Å²) in [5.74, 6) is 6.35. The largest absolute Gasteiger partial charge is 0.493 e. The van der Waals surface area contributed by atoms with Crippen LogP contribution < -0.4 is 28.4 Å². The van der Waals surface area contributed by atoms with Gasteiger partial charge in [-0.3, -0.25) is 0 Å². The molecule has 0 atom stereocenters. The van der Waals surface area contributed by atoms with E-state index in [0.29, 0.717) is 73.6 Å². The second kappa shape index (κ2) is 23.5. The van der Waals surface area contributed by atoms with Gasteiger partial charge in [0.2, 0.25) is 0 Å². The van der Waals surface area contributed by atoms with Gasteiger partial charge in [-0.15, -0.1) is 0 Å². The number of hydrogen-bond acceptors (Lipinski definition) is 12. The molecular formula is C45H60N6O9. The predicted molar refractivity (Wildman–Crippen MR) is 228 cm³/mol. The van der Waals surface area contributed by atoms with Crippen molar-refractivity contribution in [1.29, 1.82) is 0 Å². The summed E-state index contributed by atoms with van der Waals surface area (Å²) < 4.78 is 42.5. The van der Waals surface area contributed by atoms with Gasteiger partial charge in [0.05, 0.1) is 21.3 Å². The zero-order valence-corrected chi connectivity index (χ0v) is 36.3. The highest BCUT2D eigenvalue weighted by Gasteiger charge is 2.23. The van der Waals surface area contributed by atoms with E-state index in [-0.39, 0.29) is 19.8 Å². The first-order valence-corrected chi connectivity index (χ1v) is 19.8. The first kappa shape index (κ1) is 46.7. The third kappa shape index (κ3) is 12.3. The van der Waals surface area contributed by atoms with Crippen LogP contribution in [0.5, 0.6) is 34.5 Å². The Morgan fingerprint density at radius 1 is 0.433 bits per heavy atom. The molecule has 0 aliphatic heterocycles. The first-order valence-electron chi connectivity index (χ1n) is 19.8. The molecule has 0 saturated carbocycles. The minimum absolute atomic E-state index is 0.250. The fourth-order valence-corrected chi connectivity index (χ4v) is 6.39. The lowest BCUT2D eigenvalue weighted by atomic mass is 9.94. The second-order valence-electron chi connectivity index (χ2n) is 13.5. The standard InChI is InChI=1S/C39H42N6O6.3C2H6O/c1-43-10-7-40-37(43)22-49-34-19-28-13-26-17-32(47-5)36(51-24-39-42-9-12-45(39)3)21-30(26)15-27-18-33(48-6)35(50-23-38-41-8-11-44(38)2)20-29(27)14-25(28)16-31(34)46-4;3*1-2-3/h7-12,16-21H,13-15,22-24H2,1-6H3;3*3H,2H2,1H3. The van der Waals surface area contributed by atoms with Crippen molar-refractivity contribution in [2.24, 2.45) is 21.1 Å². The summed E-state index contributed by atoms with van der Waals surface area (Å²) in [4.78, 5) is 13.3. The zero-order chi connectivity index (χ0) is 43.6. The quantitative estimate of drug-likeness (QED) is 0.137. The van der Waals surface area contributed by atoms with Gasteiger partial charge in [0.25, 0.3) is 0 Å². The molecule has 1 aliphatic rings. The Hall–Kier alpha value is -6.03.